The Morgan fingerprint density at radius 3 is 2.40 bits per heavy atom. The van der Waals surface area contributed by atoms with Gasteiger partial charge in [-0.3, -0.25) is 19.2 Å². The van der Waals surface area contributed by atoms with Gasteiger partial charge >= 0.3 is 6.09 Å². The molecule has 0 aromatic heterocycles. The van der Waals surface area contributed by atoms with Crippen molar-refractivity contribution >= 4 is 39.6 Å². The predicted octanol–water partition coefficient (Wildman–Crippen LogP) is -0.297. The Kier molecular flexibility index (Phi) is 11.1. The topological polar surface area (TPSA) is 206 Å². The third kappa shape index (κ3) is 9.92. The molecular weight excluding hydrogens is 580 g/mol. The first kappa shape index (κ1) is 33.8. The Hall–Kier alpha value is -3.72. The van der Waals surface area contributed by atoms with Crippen molar-refractivity contribution in [2.45, 2.75) is 94.1 Å². The molecular formula is C28H42N6O8S. The van der Waals surface area contributed by atoms with Gasteiger partial charge in [0.15, 0.2) is 9.84 Å². The van der Waals surface area contributed by atoms with Gasteiger partial charge in [0.2, 0.25) is 23.6 Å². The number of nitrogens with two attached hydrogens (primary N) is 1. The molecule has 2 aliphatic rings. The van der Waals surface area contributed by atoms with Crippen molar-refractivity contribution in [3.05, 3.63) is 29.8 Å². The number of carbonyl (C=O) groups is 5. The number of primary amides is 1. The Morgan fingerprint density at radius 2 is 1.79 bits per heavy atom. The number of nitrogens with zero attached hydrogens (tertiary/aromatic N) is 1. The molecule has 2 saturated heterocycles. The fraction of sp³-hybridized carbons (Fsp3) is 0.607. The minimum absolute atomic E-state index is 0.0486. The third-order valence-corrected chi connectivity index (χ3v) is 8.31. The van der Waals surface area contributed by atoms with Gasteiger partial charge in [0.05, 0.1) is 4.90 Å². The third-order valence-electron chi connectivity index (χ3n) is 7.18. The molecule has 6 N–H and O–H groups in total. The van der Waals surface area contributed by atoms with Gasteiger partial charge in [-0.2, -0.15) is 0 Å². The highest BCUT2D eigenvalue weighted by molar-refractivity contribution is 7.90. The molecule has 1 unspecified atom stereocenters. The molecule has 14 nitrogen and oxygen atoms in total. The van der Waals surface area contributed by atoms with Crippen molar-refractivity contribution in [3.63, 3.8) is 0 Å². The average molecular weight is 623 g/mol. The molecule has 4 atom stereocenters. The zero-order valence-electron chi connectivity index (χ0n) is 25.0. The van der Waals surface area contributed by atoms with Crippen molar-refractivity contribution in [3.8, 4) is 0 Å². The molecule has 3 rings (SSSR count). The highest BCUT2D eigenvalue weighted by Crippen LogP contribution is 2.28. The molecule has 2 fully saturated rings. The summed E-state index contributed by atoms with van der Waals surface area (Å²) >= 11 is 0. The lowest BCUT2D eigenvalue weighted by Gasteiger charge is -2.36. The maximum absolute atomic E-state index is 13.6. The van der Waals surface area contributed by atoms with Crippen LogP contribution in [0.1, 0.15) is 58.4 Å². The van der Waals surface area contributed by atoms with E-state index in [2.05, 4.69) is 21.3 Å². The molecule has 15 heteroatoms. The molecule has 0 saturated carbocycles. The van der Waals surface area contributed by atoms with Gasteiger partial charge in [-0.1, -0.05) is 12.1 Å². The summed E-state index contributed by atoms with van der Waals surface area (Å²) in [6.45, 7) is 5.91. The van der Waals surface area contributed by atoms with Gasteiger partial charge < -0.3 is 36.6 Å². The van der Waals surface area contributed by atoms with Crippen LogP contribution in [0, 0.1) is 0 Å². The SMILES string of the molecule is CC(C)(C)OC(=O)N[C@H]1CNCC[C@H]2CC[C@@H](C(=O)NC(CCC(N)=O)C(=O)NCc3ccc(S(C)(=O)=O)cc3)N2C1=O. The molecule has 0 spiro atoms. The molecule has 1 aromatic carbocycles. The van der Waals surface area contributed by atoms with Crippen LogP contribution in [0.5, 0.6) is 0 Å². The van der Waals surface area contributed by atoms with Crippen molar-refractivity contribution in [1.82, 2.24) is 26.2 Å². The lowest BCUT2D eigenvalue weighted by atomic mass is 10.1. The van der Waals surface area contributed by atoms with Crippen molar-refractivity contribution in [1.29, 1.82) is 0 Å². The second-order valence-corrected chi connectivity index (χ2v) is 13.9. The number of nitrogens with one attached hydrogen (secondary N) is 4. The summed E-state index contributed by atoms with van der Waals surface area (Å²) < 4.78 is 28.7. The normalized spacial score (nSPS) is 21.5. The monoisotopic (exact) mass is 622 g/mol. The van der Waals surface area contributed by atoms with Crippen LogP contribution in [0.4, 0.5) is 4.79 Å². The van der Waals surface area contributed by atoms with Crippen molar-refractivity contribution in [2.24, 2.45) is 5.73 Å². The van der Waals surface area contributed by atoms with E-state index in [0.29, 0.717) is 31.4 Å². The van der Waals surface area contributed by atoms with Crippen LogP contribution in [-0.2, 0) is 40.3 Å². The van der Waals surface area contributed by atoms with Crippen molar-refractivity contribution in [2.75, 3.05) is 19.3 Å². The molecule has 1 aromatic rings. The van der Waals surface area contributed by atoms with Gasteiger partial charge in [0.1, 0.15) is 23.7 Å². The van der Waals surface area contributed by atoms with Gasteiger partial charge in [-0.05, 0) is 70.7 Å². The zero-order chi connectivity index (χ0) is 31.9. The summed E-state index contributed by atoms with van der Waals surface area (Å²) in [4.78, 5) is 65.8. The van der Waals surface area contributed by atoms with Gasteiger partial charge in [-0.15, -0.1) is 0 Å². The minimum Gasteiger partial charge on any atom is -0.444 e. The van der Waals surface area contributed by atoms with E-state index >= 15 is 0 Å². The van der Waals surface area contributed by atoms with E-state index in [1.165, 1.54) is 17.0 Å². The van der Waals surface area contributed by atoms with Crippen molar-refractivity contribution < 1.29 is 37.1 Å². The van der Waals surface area contributed by atoms with E-state index < -0.39 is 63.3 Å². The molecule has 238 valence electrons. The molecule has 0 radical (unpaired) electrons. The Balaban J connectivity index is 1.71. The van der Waals surface area contributed by atoms with Crippen LogP contribution in [0.2, 0.25) is 0 Å². The van der Waals surface area contributed by atoms with E-state index in [0.717, 1.165) is 6.26 Å². The highest BCUT2D eigenvalue weighted by Gasteiger charge is 2.44. The van der Waals surface area contributed by atoms with E-state index in [4.69, 9.17) is 10.5 Å². The first-order valence-corrected chi connectivity index (χ1v) is 16.1. The number of alkyl carbamates (subject to hydrolysis) is 1. The number of amides is 5. The van der Waals surface area contributed by atoms with Gasteiger partial charge in [0, 0.05) is 31.8 Å². The molecule has 2 aliphatic heterocycles. The summed E-state index contributed by atoms with van der Waals surface area (Å²) in [5.41, 5.74) is 5.17. The number of ether oxygens (including phenoxy) is 1. The smallest absolute Gasteiger partial charge is 0.408 e. The summed E-state index contributed by atoms with van der Waals surface area (Å²) in [5.74, 6) is -2.20. The number of hydrogen-bond acceptors (Lipinski definition) is 9. The molecule has 0 aliphatic carbocycles. The first-order valence-electron chi connectivity index (χ1n) is 14.2. The maximum atomic E-state index is 13.6. The van der Waals surface area contributed by atoms with Crippen LogP contribution in [0.25, 0.3) is 0 Å². The van der Waals surface area contributed by atoms with Crippen LogP contribution >= 0.6 is 0 Å². The number of hydrogen-bond donors (Lipinski definition) is 5. The maximum Gasteiger partial charge on any atom is 0.408 e. The second kappa shape index (κ2) is 14.2. The van der Waals surface area contributed by atoms with Gasteiger partial charge in [0.25, 0.3) is 0 Å². The number of carbonyl (C=O) groups excluding carboxylic acids is 5. The lowest BCUT2D eigenvalue weighted by molar-refractivity contribution is -0.143. The predicted molar refractivity (Wildman–Crippen MR) is 156 cm³/mol. The summed E-state index contributed by atoms with van der Waals surface area (Å²) in [5, 5.41) is 11.2. The Morgan fingerprint density at radius 1 is 1.12 bits per heavy atom. The van der Waals surface area contributed by atoms with Crippen LogP contribution in [-0.4, -0.2) is 92.2 Å². The van der Waals surface area contributed by atoms with Gasteiger partial charge in [-0.25, -0.2) is 13.2 Å². The Bertz CT molecular complexity index is 1310. The van der Waals surface area contributed by atoms with Crippen LogP contribution in [0.3, 0.4) is 0 Å². The fourth-order valence-electron chi connectivity index (χ4n) is 5.09. The molecule has 5 amide bonds. The molecule has 2 heterocycles. The van der Waals surface area contributed by atoms with Crippen LogP contribution in [0.15, 0.2) is 29.2 Å². The minimum atomic E-state index is -3.37. The quantitative estimate of drug-likeness (QED) is 0.232. The van der Waals surface area contributed by atoms with E-state index in [1.807, 2.05) is 0 Å². The number of sulfone groups is 1. The number of rotatable bonds is 10. The Labute approximate surface area is 251 Å². The van der Waals surface area contributed by atoms with Crippen LogP contribution < -0.4 is 27.0 Å². The zero-order valence-corrected chi connectivity index (χ0v) is 25.8. The lowest BCUT2D eigenvalue weighted by Crippen LogP contribution is -2.61. The summed E-state index contributed by atoms with van der Waals surface area (Å²) in [6, 6.07) is 2.79. The standard InChI is InChI=1S/C28H42N6O8S/c1-28(2,3)42-27(39)33-21-16-30-14-13-18-7-11-22(34(18)26(21)38)25(37)32-20(10-12-23(29)35)24(36)31-15-17-5-8-19(9-6-17)43(4,40)41/h5-6,8-9,18,20-22,30H,7,10-16H2,1-4H3,(H2,29,35)(H,31,36)(H,32,37)(H,33,39)/t18-,20?,21+,22+/m1/s1. The van der Waals surface area contributed by atoms with E-state index in [9.17, 15) is 32.4 Å². The molecule has 43 heavy (non-hydrogen) atoms. The number of fused-ring (bicyclic) bond motifs is 1. The fourth-order valence-corrected chi connectivity index (χ4v) is 5.72. The second-order valence-electron chi connectivity index (χ2n) is 11.9. The first-order chi connectivity index (χ1) is 20.0. The largest absolute Gasteiger partial charge is 0.444 e. The summed E-state index contributed by atoms with van der Waals surface area (Å²) in [7, 11) is -3.37. The summed E-state index contributed by atoms with van der Waals surface area (Å²) in [6.07, 6.45) is 1.65. The van der Waals surface area contributed by atoms with E-state index in [1.54, 1.807) is 32.9 Å². The average Bonchev–Trinajstić information content (AvgIpc) is 3.32. The van der Waals surface area contributed by atoms with E-state index in [-0.39, 0.29) is 36.9 Å². The number of benzene rings is 1. The molecule has 0 bridgehead atoms. The highest BCUT2D eigenvalue weighted by atomic mass is 32.2.